The molecule has 1 amide bonds. The molecule has 1 aromatic carbocycles. The maximum Gasteiger partial charge on any atom is 0.264 e. The Labute approximate surface area is 134 Å². The molecule has 8 heteroatoms. The van der Waals surface area contributed by atoms with Crippen molar-refractivity contribution in [3.05, 3.63) is 38.3 Å². The van der Waals surface area contributed by atoms with Crippen LogP contribution in [0.4, 0.5) is 5.13 Å². The summed E-state index contributed by atoms with van der Waals surface area (Å²) in [5, 5.41) is 4.07. The quantitative estimate of drug-likeness (QED) is 0.829. The highest BCUT2D eigenvalue weighted by atomic mass is 35.5. The average Bonchev–Trinajstić information content (AvgIpc) is 2.77. The van der Waals surface area contributed by atoms with E-state index < -0.39 is 0 Å². The molecule has 0 spiro atoms. The standard InChI is InChI=1S/C12H9Cl3N2O2S/c1-6-4-16-12(20-6)17-11(18)5-19-10-3-8(14)7(13)2-9(10)15/h2-4H,5H2,1H3,(H,16,17,18). The van der Waals surface area contributed by atoms with E-state index in [1.54, 1.807) is 6.20 Å². The van der Waals surface area contributed by atoms with Crippen LogP contribution in [-0.4, -0.2) is 17.5 Å². The largest absolute Gasteiger partial charge is 0.482 e. The first-order chi connectivity index (χ1) is 9.45. The Hall–Kier alpha value is -1.01. The van der Waals surface area contributed by atoms with Crippen molar-refractivity contribution in [2.45, 2.75) is 6.92 Å². The predicted octanol–water partition coefficient (Wildman–Crippen LogP) is 4.43. The van der Waals surface area contributed by atoms with Crippen molar-refractivity contribution in [1.29, 1.82) is 0 Å². The highest BCUT2D eigenvalue weighted by Crippen LogP contribution is 2.33. The molecule has 20 heavy (non-hydrogen) atoms. The SMILES string of the molecule is Cc1cnc(NC(=O)COc2cc(Cl)c(Cl)cc2Cl)s1. The topological polar surface area (TPSA) is 51.2 Å². The zero-order valence-electron chi connectivity index (χ0n) is 10.2. The molecule has 0 aliphatic heterocycles. The molecule has 106 valence electrons. The first-order valence-electron chi connectivity index (χ1n) is 5.45. The predicted molar refractivity (Wildman–Crippen MR) is 82.4 cm³/mol. The fourth-order valence-corrected chi connectivity index (χ4v) is 2.60. The van der Waals surface area contributed by atoms with Crippen LogP contribution in [0.1, 0.15) is 4.88 Å². The molecule has 2 rings (SSSR count). The summed E-state index contributed by atoms with van der Waals surface area (Å²) >= 11 is 19.0. The number of carbonyl (C=O) groups excluding carboxylic acids is 1. The number of aryl methyl sites for hydroxylation is 1. The van der Waals surface area contributed by atoms with Gasteiger partial charge < -0.3 is 4.74 Å². The number of nitrogens with zero attached hydrogens (tertiary/aromatic N) is 1. The molecule has 0 aliphatic rings. The molecule has 0 saturated heterocycles. The third kappa shape index (κ3) is 3.99. The molecule has 0 fully saturated rings. The van der Waals surface area contributed by atoms with Crippen molar-refractivity contribution in [3.8, 4) is 5.75 Å². The second kappa shape index (κ2) is 6.63. The smallest absolute Gasteiger partial charge is 0.264 e. The second-order valence-corrected chi connectivity index (χ2v) is 6.27. The first kappa shape index (κ1) is 15.4. The van der Waals surface area contributed by atoms with Crippen molar-refractivity contribution in [3.63, 3.8) is 0 Å². The van der Waals surface area contributed by atoms with Crippen LogP contribution in [0.2, 0.25) is 15.1 Å². The molecule has 0 aliphatic carbocycles. The lowest BCUT2D eigenvalue weighted by molar-refractivity contribution is -0.118. The highest BCUT2D eigenvalue weighted by molar-refractivity contribution is 7.15. The van der Waals surface area contributed by atoms with Crippen LogP contribution in [0.15, 0.2) is 18.3 Å². The minimum Gasteiger partial charge on any atom is -0.482 e. The van der Waals surface area contributed by atoms with Gasteiger partial charge in [0.25, 0.3) is 5.91 Å². The molecule has 2 aromatic rings. The molecule has 0 atom stereocenters. The molecular weight excluding hydrogens is 343 g/mol. The van der Waals surface area contributed by atoms with E-state index in [1.165, 1.54) is 23.5 Å². The van der Waals surface area contributed by atoms with Crippen LogP contribution < -0.4 is 10.1 Å². The van der Waals surface area contributed by atoms with Gasteiger partial charge in [0.15, 0.2) is 11.7 Å². The lowest BCUT2D eigenvalue weighted by Crippen LogP contribution is -2.20. The van der Waals surface area contributed by atoms with E-state index in [0.29, 0.717) is 20.9 Å². The Morgan fingerprint density at radius 1 is 1.30 bits per heavy atom. The summed E-state index contributed by atoms with van der Waals surface area (Å²) in [5.74, 6) is -0.0342. The number of anilines is 1. The number of ether oxygens (including phenoxy) is 1. The summed E-state index contributed by atoms with van der Waals surface area (Å²) in [7, 11) is 0. The van der Waals surface area contributed by atoms with Gasteiger partial charge in [0.2, 0.25) is 0 Å². The lowest BCUT2D eigenvalue weighted by Gasteiger charge is -2.08. The molecule has 1 aromatic heterocycles. The van der Waals surface area contributed by atoms with Gasteiger partial charge >= 0.3 is 0 Å². The zero-order chi connectivity index (χ0) is 14.7. The van der Waals surface area contributed by atoms with E-state index in [9.17, 15) is 4.79 Å². The number of nitrogens with one attached hydrogen (secondary N) is 1. The van der Waals surface area contributed by atoms with Crippen LogP contribution in [0, 0.1) is 6.92 Å². The van der Waals surface area contributed by atoms with Crippen LogP contribution >= 0.6 is 46.1 Å². The minimum absolute atomic E-state index is 0.198. The zero-order valence-corrected chi connectivity index (χ0v) is 13.3. The summed E-state index contributed by atoms with van der Waals surface area (Å²) in [6, 6.07) is 2.93. The molecule has 1 heterocycles. The number of carbonyl (C=O) groups is 1. The van der Waals surface area contributed by atoms with Gasteiger partial charge in [-0.2, -0.15) is 0 Å². The Morgan fingerprint density at radius 2 is 2.00 bits per heavy atom. The van der Waals surface area contributed by atoms with Gasteiger partial charge in [-0.05, 0) is 13.0 Å². The number of amides is 1. The second-order valence-electron chi connectivity index (χ2n) is 3.81. The molecule has 0 radical (unpaired) electrons. The average molecular weight is 352 g/mol. The molecule has 4 nitrogen and oxygen atoms in total. The maximum absolute atomic E-state index is 11.7. The summed E-state index contributed by atoms with van der Waals surface area (Å²) in [6.07, 6.45) is 1.68. The monoisotopic (exact) mass is 350 g/mol. The molecular formula is C12H9Cl3N2O2S. The number of rotatable bonds is 4. The van der Waals surface area contributed by atoms with Crippen LogP contribution in [0.3, 0.4) is 0 Å². The summed E-state index contributed by atoms with van der Waals surface area (Å²) in [6.45, 7) is 1.70. The fraction of sp³-hybridized carbons (Fsp3) is 0.167. The van der Waals surface area contributed by atoms with Gasteiger partial charge in [0.05, 0.1) is 15.1 Å². The van der Waals surface area contributed by atoms with E-state index in [1.807, 2.05) is 6.92 Å². The Bertz CT molecular complexity index is 646. The maximum atomic E-state index is 11.7. The Morgan fingerprint density at radius 3 is 2.65 bits per heavy atom. The highest BCUT2D eigenvalue weighted by Gasteiger charge is 2.10. The molecule has 0 saturated carbocycles. The van der Waals surface area contributed by atoms with Crippen molar-refractivity contribution in [1.82, 2.24) is 4.98 Å². The van der Waals surface area contributed by atoms with Crippen LogP contribution in [0.25, 0.3) is 0 Å². The van der Waals surface area contributed by atoms with E-state index in [-0.39, 0.29) is 17.5 Å². The summed E-state index contributed by atoms with van der Waals surface area (Å²) in [5.41, 5.74) is 0. The minimum atomic E-state index is -0.332. The van der Waals surface area contributed by atoms with Crippen molar-refractivity contribution in [2.24, 2.45) is 0 Å². The van der Waals surface area contributed by atoms with E-state index in [0.717, 1.165) is 4.88 Å². The lowest BCUT2D eigenvalue weighted by atomic mass is 10.3. The molecule has 0 unspecified atom stereocenters. The number of aromatic nitrogens is 1. The molecule has 0 bridgehead atoms. The third-order valence-electron chi connectivity index (χ3n) is 2.20. The van der Waals surface area contributed by atoms with Crippen molar-refractivity contribution < 1.29 is 9.53 Å². The van der Waals surface area contributed by atoms with Crippen LogP contribution in [0.5, 0.6) is 5.75 Å². The van der Waals surface area contributed by atoms with E-state index in [2.05, 4.69) is 10.3 Å². The Balaban J connectivity index is 1.95. The van der Waals surface area contributed by atoms with Crippen LogP contribution in [-0.2, 0) is 4.79 Å². The Kier molecular flexibility index (Phi) is 5.10. The molecule has 1 N–H and O–H groups in total. The number of hydrogen-bond donors (Lipinski definition) is 1. The van der Waals surface area contributed by atoms with Gasteiger partial charge in [-0.15, -0.1) is 11.3 Å². The fourth-order valence-electron chi connectivity index (χ4n) is 1.33. The van der Waals surface area contributed by atoms with Crippen molar-refractivity contribution in [2.75, 3.05) is 11.9 Å². The van der Waals surface area contributed by atoms with Gasteiger partial charge in [-0.1, -0.05) is 34.8 Å². The van der Waals surface area contributed by atoms with Gasteiger partial charge in [-0.25, -0.2) is 4.98 Å². The number of thiazole rings is 1. The summed E-state index contributed by atoms with van der Waals surface area (Å²) in [4.78, 5) is 16.7. The normalized spacial score (nSPS) is 10.4. The first-order valence-corrected chi connectivity index (χ1v) is 7.40. The van der Waals surface area contributed by atoms with Gasteiger partial charge in [-0.3, -0.25) is 10.1 Å². The van der Waals surface area contributed by atoms with Gasteiger partial charge in [0, 0.05) is 17.1 Å². The van der Waals surface area contributed by atoms with E-state index in [4.69, 9.17) is 39.5 Å². The van der Waals surface area contributed by atoms with Crippen molar-refractivity contribution >= 4 is 57.2 Å². The summed E-state index contributed by atoms with van der Waals surface area (Å²) < 4.78 is 5.30. The van der Waals surface area contributed by atoms with E-state index >= 15 is 0 Å². The number of hydrogen-bond acceptors (Lipinski definition) is 4. The number of benzene rings is 1. The number of halogens is 3. The van der Waals surface area contributed by atoms with Gasteiger partial charge in [0.1, 0.15) is 5.75 Å². The third-order valence-corrected chi connectivity index (χ3v) is 4.05.